The predicted molar refractivity (Wildman–Crippen MR) is 121 cm³/mol. The molecule has 200 valence electrons. The van der Waals surface area contributed by atoms with E-state index in [2.05, 4.69) is 20.8 Å². The highest BCUT2D eigenvalue weighted by Gasteiger charge is 2.82. The standard InChI is InChI=1S/C25H23F4N5O4/c26-16-3-6-19(20(27)7-16)24(36,13-34-14-31-32-33-34)25(28,29)23-10-22(11-23,12-23)15-1-4-17(5-2-15)37-9-18-8-30-21(35)38-18/h1-7,14,18,36H,8-13H2,(H,30,35)/t18-,22?,23?,24-/m1/s1. The van der Waals surface area contributed by atoms with Crippen molar-refractivity contribution in [2.24, 2.45) is 5.41 Å². The molecular formula is C25H23F4N5O4. The third-order valence-electron chi connectivity index (χ3n) is 8.03. The van der Waals surface area contributed by atoms with Crippen LogP contribution in [-0.2, 0) is 22.3 Å². The number of alkyl halides is 2. The van der Waals surface area contributed by atoms with Crippen molar-refractivity contribution in [3.63, 3.8) is 0 Å². The van der Waals surface area contributed by atoms with Crippen LogP contribution < -0.4 is 10.1 Å². The second kappa shape index (κ2) is 8.38. The maximum Gasteiger partial charge on any atom is 0.407 e. The third-order valence-corrected chi connectivity index (χ3v) is 8.03. The highest BCUT2D eigenvalue weighted by molar-refractivity contribution is 5.69. The van der Waals surface area contributed by atoms with Crippen LogP contribution in [0.4, 0.5) is 22.4 Å². The van der Waals surface area contributed by atoms with Crippen LogP contribution in [0.2, 0.25) is 0 Å². The van der Waals surface area contributed by atoms with E-state index < -0.39 is 52.2 Å². The van der Waals surface area contributed by atoms with E-state index in [9.17, 15) is 18.7 Å². The van der Waals surface area contributed by atoms with Crippen molar-refractivity contribution >= 4 is 6.09 Å². The second-order valence-corrected chi connectivity index (χ2v) is 10.4. The van der Waals surface area contributed by atoms with E-state index >= 15 is 8.78 Å². The summed E-state index contributed by atoms with van der Waals surface area (Å²) in [5.41, 5.74) is -4.96. The van der Waals surface area contributed by atoms with Crippen molar-refractivity contribution in [3.05, 3.63) is 71.6 Å². The van der Waals surface area contributed by atoms with Crippen molar-refractivity contribution in [2.45, 2.75) is 48.8 Å². The Bertz CT molecular complexity index is 1350. The van der Waals surface area contributed by atoms with Gasteiger partial charge in [-0.2, -0.15) is 0 Å². The first-order valence-electron chi connectivity index (χ1n) is 12.0. The molecule has 1 aromatic heterocycles. The van der Waals surface area contributed by atoms with Crippen molar-refractivity contribution in [3.8, 4) is 5.75 Å². The Balaban J connectivity index is 1.20. The molecular weight excluding hydrogens is 510 g/mol. The molecule has 3 saturated carbocycles. The lowest BCUT2D eigenvalue weighted by molar-refractivity contribution is -0.347. The van der Waals surface area contributed by atoms with E-state index in [1.807, 2.05) is 12.1 Å². The smallest absolute Gasteiger partial charge is 0.407 e. The molecule has 4 aliphatic rings. The molecule has 2 heterocycles. The van der Waals surface area contributed by atoms with Crippen LogP contribution >= 0.6 is 0 Å². The fraction of sp³-hybridized carbons (Fsp3) is 0.440. The number of amides is 1. The lowest BCUT2D eigenvalue weighted by atomic mass is 9.30. The molecule has 0 unspecified atom stereocenters. The molecule has 1 saturated heterocycles. The fourth-order valence-electron chi connectivity index (χ4n) is 6.15. The lowest BCUT2D eigenvalue weighted by Crippen LogP contribution is -2.76. The number of aromatic nitrogens is 4. The highest BCUT2D eigenvalue weighted by atomic mass is 19.3. The summed E-state index contributed by atoms with van der Waals surface area (Å²) >= 11 is 0. The van der Waals surface area contributed by atoms with Gasteiger partial charge in [0, 0.05) is 17.0 Å². The van der Waals surface area contributed by atoms with Crippen LogP contribution in [0.25, 0.3) is 0 Å². The maximum absolute atomic E-state index is 16.3. The fourth-order valence-corrected chi connectivity index (χ4v) is 6.15. The third kappa shape index (κ3) is 3.62. The first-order valence-corrected chi connectivity index (χ1v) is 12.0. The number of nitrogens with one attached hydrogen (secondary N) is 1. The van der Waals surface area contributed by atoms with Gasteiger partial charge in [0.1, 0.15) is 30.3 Å². The number of ether oxygens (including phenoxy) is 2. The molecule has 13 heteroatoms. The summed E-state index contributed by atoms with van der Waals surface area (Å²) < 4.78 is 72.4. The quantitative estimate of drug-likeness (QED) is 0.407. The SMILES string of the molecule is O=C1NC[C@H](COc2ccc(C34CC(C(F)(F)[C@@](O)(Cn5cnnn5)c5ccc(F)cc5F)(C3)C4)cc2)O1. The molecule has 38 heavy (non-hydrogen) atoms. The van der Waals surface area contributed by atoms with E-state index in [4.69, 9.17) is 9.47 Å². The van der Waals surface area contributed by atoms with Crippen LogP contribution in [0.3, 0.4) is 0 Å². The van der Waals surface area contributed by atoms with Crippen LogP contribution in [0.15, 0.2) is 48.8 Å². The topological polar surface area (TPSA) is 111 Å². The average molecular weight is 533 g/mol. The maximum atomic E-state index is 16.3. The van der Waals surface area contributed by atoms with Gasteiger partial charge in [0.05, 0.1) is 13.1 Å². The number of rotatable bonds is 9. The Labute approximate surface area is 213 Å². The number of benzene rings is 2. The number of alkyl carbamates (subject to hydrolysis) is 1. The lowest BCUT2D eigenvalue weighted by Gasteiger charge is -2.74. The zero-order chi connectivity index (χ0) is 26.8. The molecule has 2 aromatic carbocycles. The number of hydrogen-bond acceptors (Lipinski definition) is 7. The summed E-state index contributed by atoms with van der Waals surface area (Å²) in [6.45, 7) is -0.279. The van der Waals surface area contributed by atoms with E-state index in [-0.39, 0.29) is 32.0 Å². The number of tetrazole rings is 1. The number of cyclic esters (lactones) is 1. The Kier molecular flexibility index (Phi) is 5.42. The Morgan fingerprint density at radius 2 is 1.89 bits per heavy atom. The van der Waals surface area contributed by atoms with Crippen LogP contribution in [-0.4, -0.2) is 56.6 Å². The summed E-state index contributed by atoms with van der Waals surface area (Å²) in [7, 11) is 0. The van der Waals surface area contributed by atoms with Gasteiger partial charge in [-0.1, -0.05) is 12.1 Å². The zero-order valence-corrected chi connectivity index (χ0v) is 19.9. The first kappa shape index (κ1) is 24.6. The van der Waals surface area contributed by atoms with Gasteiger partial charge in [-0.25, -0.2) is 27.0 Å². The Morgan fingerprint density at radius 3 is 2.50 bits per heavy atom. The molecule has 3 aliphatic carbocycles. The molecule has 1 amide bonds. The normalized spacial score (nSPS) is 27.5. The summed E-state index contributed by atoms with van der Waals surface area (Å²) in [5, 5.41) is 24.4. The molecule has 2 atom stereocenters. The molecule has 2 N–H and O–H groups in total. The van der Waals surface area contributed by atoms with Gasteiger partial charge in [0.2, 0.25) is 0 Å². The summed E-state index contributed by atoms with van der Waals surface area (Å²) in [4.78, 5) is 11.1. The minimum atomic E-state index is -3.79. The van der Waals surface area contributed by atoms with Crippen LogP contribution in [0, 0.1) is 17.0 Å². The van der Waals surface area contributed by atoms with Gasteiger partial charge in [0.25, 0.3) is 5.92 Å². The largest absolute Gasteiger partial charge is 0.490 e. The summed E-state index contributed by atoms with van der Waals surface area (Å²) in [5.74, 6) is -5.47. The van der Waals surface area contributed by atoms with Crippen molar-refractivity contribution in [2.75, 3.05) is 13.2 Å². The molecule has 2 bridgehead atoms. The molecule has 1 aliphatic heterocycles. The minimum absolute atomic E-state index is 0.0810. The Morgan fingerprint density at radius 1 is 1.16 bits per heavy atom. The van der Waals surface area contributed by atoms with Gasteiger partial charge >= 0.3 is 6.09 Å². The predicted octanol–water partition coefficient (Wildman–Crippen LogP) is 3.08. The van der Waals surface area contributed by atoms with Crippen molar-refractivity contribution in [1.82, 2.24) is 25.5 Å². The van der Waals surface area contributed by atoms with Crippen molar-refractivity contribution in [1.29, 1.82) is 0 Å². The molecule has 7 rings (SSSR count). The van der Waals surface area contributed by atoms with Gasteiger partial charge in [0.15, 0.2) is 11.7 Å². The van der Waals surface area contributed by atoms with Crippen LogP contribution in [0.5, 0.6) is 5.75 Å². The van der Waals surface area contributed by atoms with E-state index in [0.29, 0.717) is 18.4 Å². The van der Waals surface area contributed by atoms with Gasteiger partial charge in [-0.3, -0.25) is 0 Å². The minimum Gasteiger partial charge on any atom is -0.490 e. The molecule has 0 spiro atoms. The number of carbonyl (C=O) groups is 1. The Hall–Kier alpha value is -3.74. The average Bonchev–Trinajstić information content (AvgIpc) is 3.48. The number of halogens is 4. The van der Waals surface area contributed by atoms with Crippen molar-refractivity contribution < 1.29 is 36.9 Å². The number of hydrogen-bond donors (Lipinski definition) is 2. The van der Waals surface area contributed by atoms with E-state index in [1.165, 1.54) is 0 Å². The number of carbonyl (C=O) groups excluding carboxylic acids is 1. The number of aliphatic hydroxyl groups is 1. The molecule has 3 aromatic rings. The summed E-state index contributed by atoms with van der Waals surface area (Å²) in [6, 6.07) is 9.21. The highest BCUT2D eigenvalue weighted by Crippen LogP contribution is 2.80. The first-order chi connectivity index (χ1) is 18.1. The van der Waals surface area contributed by atoms with E-state index in [1.54, 1.807) is 12.1 Å². The van der Waals surface area contributed by atoms with Crippen LogP contribution in [0.1, 0.15) is 30.4 Å². The number of nitrogens with zero attached hydrogens (tertiary/aromatic N) is 4. The van der Waals surface area contributed by atoms with E-state index in [0.717, 1.165) is 28.7 Å². The van der Waals surface area contributed by atoms with Gasteiger partial charge in [-0.05, 0) is 64.9 Å². The van der Waals surface area contributed by atoms with Gasteiger partial charge < -0.3 is 19.9 Å². The second-order valence-electron chi connectivity index (χ2n) is 10.4. The molecule has 0 radical (unpaired) electrons. The summed E-state index contributed by atoms with van der Waals surface area (Å²) in [6.07, 6.45) is 0.408. The van der Waals surface area contributed by atoms with Gasteiger partial charge in [-0.15, -0.1) is 5.10 Å². The molecule has 4 fully saturated rings. The monoisotopic (exact) mass is 533 g/mol. The molecule has 9 nitrogen and oxygen atoms in total. The zero-order valence-electron chi connectivity index (χ0n) is 19.9.